The molecule has 0 saturated heterocycles. The number of ether oxygens (including phenoxy) is 3. The summed E-state index contributed by atoms with van der Waals surface area (Å²) in [5, 5.41) is 0. The van der Waals surface area contributed by atoms with Gasteiger partial charge in [-0.1, -0.05) is 53.7 Å². The zero-order chi connectivity index (χ0) is 20.7. The van der Waals surface area contributed by atoms with Gasteiger partial charge in [-0.2, -0.15) is 0 Å². The van der Waals surface area contributed by atoms with Crippen LogP contribution in [-0.2, 0) is 0 Å². The first-order chi connectivity index (χ1) is 13.5. The fourth-order valence-electron chi connectivity index (χ4n) is 3.01. The maximum absolute atomic E-state index is 5.64. The van der Waals surface area contributed by atoms with Crippen LogP contribution in [0.25, 0.3) is 0 Å². The fourth-order valence-corrected chi connectivity index (χ4v) is 3.01. The van der Waals surface area contributed by atoms with Crippen molar-refractivity contribution in [3.63, 3.8) is 0 Å². The summed E-state index contributed by atoms with van der Waals surface area (Å²) in [5.41, 5.74) is 3.85. The van der Waals surface area contributed by atoms with Crippen molar-refractivity contribution < 1.29 is 14.2 Å². The van der Waals surface area contributed by atoms with E-state index in [1.54, 1.807) is 0 Å². The van der Waals surface area contributed by atoms with Gasteiger partial charge in [-0.15, -0.1) is 0 Å². The van der Waals surface area contributed by atoms with Gasteiger partial charge in [0.05, 0.1) is 12.2 Å². The second-order valence-corrected chi connectivity index (χ2v) is 7.42. The van der Waals surface area contributed by atoms with E-state index in [-0.39, 0.29) is 0 Å². The second-order valence-electron chi connectivity index (χ2n) is 7.42. The van der Waals surface area contributed by atoms with Gasteiger partial charge in [-0.25, -0.2) is 0 Å². The minimum Gasteiger partial charge on any atom is -0.490 e. The van der Waals surface area contributed by atoms with Crippen LogP contribution < -0.4 is 19.1 Å². The van der Waals surface area contributed by atoms with Crippen LogP contribution in [0.2, 0.25) is 0 Å². The van der Waals surface area contributed by atoms with E-state index in [1.165, 1.54) is 16.8 Å². The first-order valence-electron chi connectivity index (χ1n) is 10.3. The lowest BCUT2D eigenvalue weighted by molar-refractivity contribution is 0.174. The van der Waals surface area contributed by atoms with Crippen LogP contribution in [0.1, 0.15) is 64.5 Å². The molecule has 4 heteroatoms. The van der Waals surface area contributed by atoms with Crippen LogP contribution in [0.5, 0.6) is 17.2 Å². The SMILES string of the molecule is CC.CC(C)c1ccc2c(c1)OCCN2C.CC(C)c1ccc2c(c1)OCO2. The van der Waals surface area contributed by atoms with E-state index in [1.807, 2.05) is 26.0 Å². The lowest BCUT2D eigenvalue weighted by Crippen LogP contribution is -2.28. The molecule has 154 valence electrons. The fraction of sp³-hybridized carbons (Fsp3) is 0.500. The molecule has 28 heavy (non-hydrogen) atoms. The predicted octanol–water partition coefficient (Wildman–Crippen LogP) is 6.20. The van der Waals surface area contributed by atoms with Crippen LogP contribution >= 0.6 is 0 Å². The lowest BCUT2D eigenvalue weighted by Gasteiger charge is -2.28. The molecule has 0 atom stereocenters. The summed E-state index contributed by atoms with van der Waals surface area (Å²) in [6.45, 7) is 14.9. The molecule has 0 saturated carbocycles. The number of rotatable bonds is 2. The summed E-state index contributed by atoms with van der Waals surface area (Å²) < 4.78 is 16.1. The molecule has 0 bridgehead atoms. The zero-order valence-corrected chi connectivity index (χ0v) is 18.4. The molecular weight excluding hydrogens is 350 g/mol. The monoisotopic (exact) mass is 385 g/mol. The molecule has 0 N–H and O–H groups in total. The summed E-state index contributed by atoms with van der Waals surface area (Å²) in [6.07, 6.45) is 0. The predicted molar refractivity (Wildman–Crippen MR) is 117 cm³/mol. The molecule has 0 unspecified atom stereocenters. The normalized spacial score (nSPS) is 13.8. The standard InChI is InChI=1S/C12H17NO.C10H12O2.C2H6/c1-9(2)10-4-5-11-12(8-10)14-7-6-13(11)3;1-7(2)8-3-4-9-10(5-8)12-6-11-9;1-2/h4-5,8-9H,6-7H2,1-3H3;3-5,7H,6H2,1-2H3;1-2H3. The minimum atomic E-state index is 0.358. The van der Waals surface area contributed by atoms with Gasteiger partial charge in [-0.3, -0.25) is 0 Å². The van der Waals surface area contributed by atoms with Gasteiger partial charge in [-0.05, 0) is 47.2 Å². The minimum absolute atomic E-state index is 0.358. The van der Waals surface area contributed by atoms with Crippen LogP contribution in [0.15, 0.2) is 36.4 Å². The van der Waals surface area contributed by atoms with Crippen molar-refractivity contribution in [3.05, 3.63) is 47.5 Å². The highest BCUT2D eigenvalue weighted by molar-refractivity contribution is 5.60. The molecule has 2 aromatic carbocycles. The highest BCUT2D eigenvalue weighted by Crippen LogP contribution is 2.34. The zero-order valence-electron chi connectivity index (χ0n) is 18.4. The lowest BCUT2D eigenvalue weighted by atomic mass is 10.0. The molecule has 2 aromatic rings. The molecule has 2 heterocycles. The highest BCUT2D eigenvalue weighted by atomic mass is 16.7. The Hall–Kier alpha value is -2.36. The first-order valence-corrected chi connectivity index (χ1v) is 10.3. The smallest absolute Gasteiger partial charge is 0.231 e. The number of hydrogen-bond acceptors (Lipinski definition) is 4. The average Bonchev–Trinajstić information content (AvgIpc) is 3.18. The summed E-state index contributed by atoms with van der Waals surface area (Å²) in [6, 6.07) is 12.6. The second kappa shape index (κ2) is 10.3. The highest BCUT2D eigenvalue weighted by Gasteiger charge is 2.15. The summed E-state index contributed by atoms with van der Waals surface area (Å²) >= 11 is 0. The van der Waals surface area contributed by atoms with Gasteiger partial charge in [0.25, 0.3) is 0 Å². The van der Waals surface area contributed by atoms with E-state index in [2.05, 4.69) is 63.9 Å². The van der Waals surface area contributed by atoms with Gasteiger partial charge in [0.1, 0.15) is 12.4 Å². The largest absolute Gasteiger partial charge is 0.490 e. The molecule has 0 fully saturated rings. The third-order valence-electron chi connectivity index (χ3n) is 4.81. The van der Waals surface area contributed by atoms with E-state index in [0.717, 1.165) is 30.4 Å². The van der Waals surface area contributed by atoms with Crippen molar-refractivity contribution in [3.8, 4) is 17.2 Å². The number of benzene rings is 2. The number of fused-ring (bicyclic) bond motifs is 2. The maximum Gasteiger partial charge on any atom is 0.231 e. The average molecular weight is 386 g/mol. The number of hydrogen-bond donors (Lipinski definition) is 0. The van der Waals surface area contributed by atoms with Crippen molar-refractivity contribution in [1.29, 1.82) is 0 Å². The maximum atomic E-state index is 5.64. The Balaban J connectivity index is 0.000000186. The Labute approximate surface area is 170 Å². The molecule has 0 aromatic heterocycles. The van der Waals surface area contributed by atoms with Gasteiger partial charge in [0, 0.05) is 7.05 Å². The van der Waals surface area contributed by atoms with Gasteiger partial charge in [0.15, 0.2) is 11.5 Å². The van der Waals surface area contributed by atoms with Crippen molar-refractivity contribution in [2.24, 2.45) is 0 Å². The molecule has 0 amide bonds. The Bertz CT molecular complexity index is 756. The van der Waals surface area contributed by atoms with Crippen LogP contribution in [-0.4, -0.2) is 27.0 Å². The van der Waals surface area contributed by atoms with Crippen molar-refractivity contribution >= 4 is 5.69 Å². The van der Waals surface area contributed by atoms with E-state index < -0.39 is 0 Å². The molecular formula is C24H35NO3. The summed E-state index contributed by atoms with van der Waals surface area (Å²) in [4.78, 5) is 2.24. The summed E-state index contributed by atoms with van der Waals surface area (Å²) in [5.74, 6) is 3.88. The van der Waals surface area contributed by atoms with Crippen LogP contribution in [0, 0.1) is 0 Å². The van der Waals surface area contributed by atoms with Crippen molar-refractivity contribution in [1.82, 2.24) is 0 Å². The number of nitrogens with zero attached hydrogens (tertiary/aromatic N) is 1. The van der Waals surface area contributed by atoms with Gasteiger partial charge in [0.2, 0.25) is 6.79 Å². The van der Waals surface area contributed by atoms with E-state index in [9.17, 15) is 0 Å². The Morgan fingerprint density at radius 1 is 0.750 bits per heavy atom. The molecule has 0 radical (unpaired) electrons. The van der Waals surface area contributed by atoms with Gasteiger partial charge < -0.3 is 19.1 Å². The number of likely N-dealkylation sites (N-methyl/N-ethyl adjacent to an activating group) is 1. The molecule has 2 aliphatic heterocycles. The third kappa shape index (κ3) is 5.34. The van der Waals surface area contributed by atoms with Crippen molar-refractivity contribution in [2.75, 3.05) is 31.9 Å². The molecule has 0 spiro atoms. The summed E-state index contributed by atoms with van der Waals surface area (Å²) in [7, 11) is 2.11. The van der Waals surface area contributed by atoms with E-state index in [0.29, 0.717) is 18.6 Å². The van der Waals surface area contributed by atoms with Crippen LogP contribution in [0.3, 0.4) is 0 Å². The van der Waals surface area contributed by atoms with Crippen LogP contribution in [0.4, 0.5) is 5.69 Å². The molecule has 4 rings (SSSR count). The number of anilines is 1. The Morgan fingerprint density at radius 2 is 1.32 bits per heavy atom. The van der Waals surface area contributed by atoms with Crippen molar-refractivity contribution in [2.45, 2.75) is 53.4 Å². The molecule has 2 aliphatic rings. The Morgan fingerprint density at radius 3 is 1.96 bits per heavy atom. The van der Waals surface area contributed by atoms with E-state index in [4.69, 9.17) is 14.2 Å². The first kappa shape index (κ1) is 21.9. The Kier molecular flexibility index (Phi) is 8.04. The molecule has 4 nitrogen and oxygen atoms in total. The quantitative estimate of drug-likeness (QED) is 0.615. The van der Waals surface area contributed by atoms with E-state index >= 15 is 0 Å². The topological polar surface area (TPSA) is 30.9 Å². The third-order valence-corrected chi connectivity index (χ3v) is 4.81. The molecule has 0 aliphatic carbocycles. The van der Waals surface area contributed by atoms with Gasteiger partial charge >= 0.3 is 0 Å².